The van der Waals surface area contributed by atoms with Crippen LogP contribution in [0.15, 0.2) is 53.1 Å². The van der Waals surface area contributed by atoms with Crippen LogP contribution in [0.3, 0.4) is 0 Å². The average Bonchev–Trinajstić information content (AvgIpc) is 2.44. The van der Waals surface area contributed by atoms with E-state index in [0.29, 0.717) is 0 Å². The first-order valence-corrected chi connectivity index (χ1v) is 7.57. The highest BCUT2D eigenvalue weighted by atomic mass is 79.9. The highest BCUT2D eigenvalue weighted by Crippen LogP contribution is 2.48. The lowest BCUT2D eigenvalue weighted by Gasteiger charge is -2.33. The van der Waals surface area contributed by atoms with E-state index in [1.807, 2.05) is 12.3 Å². The summed E-state index contributed by atoms with van der Waals surface area (Å²) in [7, 11) is 0. The topological polar surface area (TPSA) is 12.9 Å². The van der Waals surface area contributed by atoms with Gasteiger partial charge >= 0.3 is 0 Å². The number of hydrogen-bond donors (Lipinski definition) is 0. The summed E-state index contributed by atoms with van der Waals surface area (Å²) in [6, 6.07) is 15.2. The van der Waals surface area contributed by atoms with E-state index < -0.39 is 0 Å². The first-order valence-electron chi connectivity index (χ1n) is 6.77. The fraction of sp³-hybridized carbons (Fsp3) is 0.167. The molecule has 0 bridgehead atoms. The maximum Gasteiger partial charge on any atom is 0.0582 e. The summed E-state index contributed by atoms with van der Waals surface area (Å²) in [5.41, 5.74) is 5.01. The van der Waals surface area contributed by atoms with Crippen LogP contribution in [0.2, 0.25) is 0 Å². The molecule has 2 aromatic carbocycles. The molecule has 2 heteroatoms. The summed E-state index contributed by atoms with van der Waals surface area (Å²) in [5, 5.41) is 2.65. The van der Waals surface area contributed by atoms with Crippen LogP contribution in [0.1, 0.15) is 25.1 Å². The minimum atomic E-state index is -0.0586. The molecule has 1 aliphatic carbocycles. The number of nitrogens with zero attached hydrogens (tertiary/aromatic N) is 1. The monoisotopic (exact) mass is 323 g/mol. The Morgan fingerprint density at radius 2 is 1.85 bits per heavy atom. The number of aromatic nitrogens is 1. The molecule has 0 aliphatic heterocycles. The molecule has 0 fully saturated rings. The Bertz CT molecular complexity index is 849. The first kappa shape index (κ1) is 12.1. The predicted molar refractivity (Wildman–Crippen MR) is 87.0 cm³/mol. The molecule has 0 radical (unpaired) electrons. The van der Waals surface area contributed by atoms with Crippen LogP contribution in [0.25, 0.3) is 21.9 Å². The van der Waals surface area contributed by atoms with Crippen molar-refractivity contribution < 1.29 is 0 Å². The molecule has 1 aromatic heterocycles. The summed E-state index contributed by atoms with van der Waals surface area (Å²) in [6.07, 6.45) is 1.89. The fourth-order valence-electron chi connectivity index (χ4n) is 3.37. The van der Waals surface area contributed by atoms with Crippen molar-refractivity contribution in [2.45, 2.75) is 19.3 Å². The van der Waals surface area contributed by atoms with Crippen LogP contribution >= 0.6 is 15.9 Å². The van der Waals surface area contributed by atoms with Crippen molar-refractivity contribution in [3.63, 3.8) is 0 Å². The number of halogens is 1. The highest BCUT2D eigenvalue weighted by molar-refractivity contribution is 9.10. The molecule has 1 heterocycles. The number of benzene rings is 2. The molecular weight excluding hydrogens is 310 g/mol. The van der Waals surface area contributed by atoms with Crippen molar-refractivity contribution >= 4 is 26.7 Å². The van der Waals surface area contributed by atoms with Crippen LogP contribution in [0.5, 0.6) is 0 Å². The SMILES string of the molecule is CC1(C)c2ncccc2-c2cc(Br)cc3cccc1c23. The lowest BCUT2D eigenvalue weighted by molar-refractivity contribution is 0.621. The van der Waals surface area contributed by atoms with Crippen LogP contribution < -0.4 is 0 Å². The zero-order valence-electron chi connectivity index (χ0n) is 11.4. The maximum atomic E-state index is 4.67. The van der Waals surface area contributed by atoms with E-state index in [-0.39, 0.29) is 5.41 Å². The van der Waals surface area contributed by atoms with Gasteiger partial charge in [0.1, 0.15) is 0 Å². The second-order valence-electron chi connectivity index (χ2n) is 5.88. The Kier molecular flexibility index (Phi) is 2.37. The molecule has 1 nitrogen and oxygen atoms in total. The Balaban J connectivity index is 2.28. The van der Waals surface area contributed by atoms with Gasteiger partial charge in [0.05, 0.1) is 5.69 Å². The van der Waals surface area contributed by atoms with Crippen molar-refractivity contribution in [1.29, 1.82) is 0 Å². The van der Waals surface area contributed by atoms with Crippen molar-refractivity contribution in [3.8, 4) is 11.1 Å². The molecule has 98 valence electrons. The van der Waals surface area contributed by atoms with Crippen LogP contribution in [-0.4, -0.2) is 4.98 Å². The second kappa shape index (κ2) is 3.92. The lowest BCUT2D eigenvalue weighted by atomic mass is 9.71. The summed E-state index contributed by atoms with van der Waals surface area (Å²) in [6.45, 7) is 4.52. The van der Waals surface area contributed by atoms with E-state index in [4.69, 9.17) is 0 Å². The molecule has 20 heavy (non-hydrogen) atoms. The third-order valence-electron chi connectivity index (χ3n) is 4.30. The Morgan fingerprint density at radius 1 is 1.00 bits per heavy atom. The van der Waals surface area contributed by atoms with Crippen LogP contribution in [0, 0.1) is 0 Å². The van der Waals surface area contributed by atoms with E-state index in [1.165, 1.54) is 27.5 Å². The molecule has 3 aromatic rings. The van der Waals surface area contributed by atoms with E-state index >= 15 is 0 Å². The Hall–Kier alpha value is -1.67. The highest BCUT2D eigenvalue weighted by Gasteiger charge is 2.34. The normalized spacial score (nSPS) is 15.2. The molecule has 0 atom stereocenters. The summed E-state index contributed by atoms with van der Waals surface area (Å²) in [4.78, 5) is 4.67. The molecule has 0 saturated carbocycles. The summed E-state index contributed by atoms with van der Waals surface area (Å²) < 4.78 is 1.12. The minimum Gasteiger partial charge on any atom is -0.260 e. The number of rotatable bonds is 0. The molecule has 0 amide bonds. The third-order valence-corrected chi connectivity index (χ3v) is 4.76. The smallest absolute Gasteiger partial charge is 0.0582 e. The van der Waals surface area contributed by atoms with Crippen molar-refractivity contribution in [1.82, 2.24) is 4.98 Å². The summed E-state index contributed by atoms with van der Waals surface area (Å²) in [5.74, 6) is 0. The number of fused-ring (bicyclic) bond motifs is 2. The molecule has 0 saturated heterocycles. The van der Waals surface area contributed by atoms with Crippen molar-refractivity contribution in [2.75, 3.05) is 0 Å². The van der Waals surface area contributed by atoms with Gasteiger partial charge in [-0.15, -0.1) is 0 Å². The quantitative estimate of drug-likeness (QED) is 0.546. The van der Waals surface area contributed by atoms with Gasteiger partial charge in [-0.1, -0.05) is 54.0 Å². The van der Waals surface area contributed by atoms with Crippen molar-refractivity contribution in [2.24, 2.45) is 0 Å². The second-order valence-corrected chi connectivity index (χ2v) is 6.80. The van der Waals surface area contributed by atoms with E-state index in [2.05, 4.69) is 71.2 Å². The molecule has 0 spiro atoms. The summed E-state index contributed by atoms with van der Waals surface area (Å²) >= 11 is 3.63. The Morgan fingerprint density at radius 3 is 2.70 bits per heavy atom. The van der Waals surface area contributed by atoms with Crippen molar-refractivity contribution in [3.05, 3.63) is 64.4 Å². The fourth-order valence-corrected chi connectivity index (χ4v) is 3.85. The van der Waals surface area contributed by atoms with Crippen LogP contribution in [-0.2, 0) is 5.41 Å². The maximum absolute atomic E-state index is 4.67. The molecular formula is C18H14BrN. The average molecular weight is 324 g/mol. The minimum absolute atomic E-state index is 0.0586. The molecule has 0 N–H and O–H groups in total. The lowest BCUT2D eigenvalue weighted by Crippen LogP contribution is -2.25. The zero-order valence-corrected chi connectivity index (χ0v) is 13.0. The van der Waals surface area contributed by atoms with Gasteiger partial charge in [0.15, 0.2) is 0 Å². The largest absolute Gasteiger partial charge is 0.260 e. The van der Waals surface area contributed by atoms with Gasteiger partial charge in [-0.3, -0.25) is 4.98 Å². The van der Waals surface area contributed by atoms with Gasteiger partial charge in [-0.05, 0) is 40.1 Å². The molecule has 1 aliphatic rings. The van der Waals surface area contributed by atoms with Gasteiger partial charge in [0.2, 0.25) is 0 Å². The zero-order chi connectivity index (χ0) is 13.9. The standard InChI is InChI=1S/C18H14BrN/c1-18(2)15-7-3-5-11-9-12(19)10-14(16(11)15)13-6-4-8-20-17(13)18/h3-10H,1-2H3. The van der Waals surface area contributed by atoms with Gasteiger partial charge in [0.25, 0.3) is 0 Å². The van der Waals surface area contributed by atoms with Crippen LogP contribution in [0.4, 0.5) is 0 Å². The van der Waals surface area contributed by atoms with E-state index in [9.17, 15) is 0 Å². The third kappa shape index (κ3) is 1.46. The first-order chi connectivity index (χ1) is 9.59. The molecule has 0 unspecified atom stereocenters. The predicted octanol–water partition coefficient (Wildman–Crippen LogP) is 5.30. The molecule has 4 rings (SSSR count). The van der Waals surface area contributed by atoms with E-state index in [0.717, 1.165) is 10.2 Å². The Labute approximate surface area is 126 Å². The van der Waals surface area contributed by atoms with Gasteiger partial charge in [-0.25, -0.2) is 0 Å². The van der Waals surface area contributed by atoms with E-state index in [1.54, 1.807) is 0 Å². The number of hydrogen-bond acceptors (Lipinski definition) is 1. The number of pyridine rings is 1. The van der Waals surface area contributed by atoms with Gasteiger partial charge in [-0.2, -0.15) is 0 Å². The van der Waals surface area contributed by atoms with Gasteiger partial charge < -0.3 is 0 Å². The van der Waals surface area contributed by atoms with Gasteiger partial charge in [0, 0.05) is 21.6 Å².